The molecule has 1 heterocycles. The molecule has 0 fully saturated rings. The lowest BCUT2D eigenvalue weighted by Gasteiger charge is -2.17. The number of pyridine rings is 1. The van der Waals surface area contributed by atoms with Crippen LogP contribution in [-0.4, -0.2) is 24.0 Å². The van der Waals surface area contributed by atoms with Crippen LogP contribution in [0, 0.1) is 12.8 Å². The number of carbonyl (C=O) groups is 2. The minimum atomic E-state index is -0.470. The molecule has 0 aliphatic heterocycles. The van der Waals surface area contributed by atoms with Gasteiger partial charge in [-0.1, -0.05) is 30.4 Å². The van der Waals surface area contributed by atoms with Crippen molar-refractivity contribution in [1.29, 1.82) is 0 Å². The van der Waals surface area contributed by atoms with E-state index in [0.29, 0.717) is 17.7 Å². The molecule has 0 amide bonds. The molecule has 130 valence electrons. The maximum absolute atomic E-state index is 12.3. The number of para-hydroxylation sites is 1. The summed E-state index contributed by atoms with van der Waals surface area (Å²) in [6.45, 7) is 1.82. The van der Waals surface area contributed by atoms with Crippen molar-refractivity contribution in [3.63, 3.8) is 0 Å². The van der Waals surface area contributed by atoms with Crippen molar-refractivity contribution < 1.29 is 19.1 Å². The predicted octanol–water partition coefficient (Wildman–Crippen LogP) is 3.73. The molecule has 1 aromatic heterocycles. The van der Waals surface area contributed by atoms with Crippen LogP contribution in [0.4, 0.5) is 0 Å². The van der Waals surface area contributed by atoms with Crippen LogP contribution in [0.25, 0.3) is 10.9 Å². The number of rotatable bonds is 4. The van der Waals surface area contributed by atoms with Gasteiger partial charge in [-0.05, 0) is 37.8 Å². The molecule has 1 aliphatic carbocycles. The molecular weight excluding hydrogens is 318 g/mol. The molecule has 1 atom stereocenters. The van der Waals surface area contributed by atoms with Gasteiger partial charge in [-0.15, -0.1) is 0 Å². The van der Waals surface area contributed by atoms with Crippen LogP contribution in [0.1, 0.15) is 40.9 Å². The number of carbonyl (C=O) groups excluding carboxylic acids is 2. The number of fused-ring (bicyclic) bond motifs is 1. The zero-order valence-electron chi connectivity index (χ0n) is 14.5. The average Bonchev–Trinajstić information content (AvgIpc) is 2.66. The fourth-order valence-corrected chi connectivity index (χ4v) is 3.18. The topological polar surface area (TPSA) is 65.5 Å². The van der Waals surface area contributed by atoms with E-state index in [0.717, 1.165) is 29.3 Å². The maximum atomic E-state index is 12.3. The van der Waals surface area contributed by atoms with Crippen LogP contribution in [0.5, 0.6) is 0 Å². The Hall–Kier alpha value is -2.69. The summed E-state index contributed by atoms with van der Waals surface area (Å²) in [5.41, 5.74) is 2.35. The number of hydrogen-bond donors (Lipinski definition) is 0. The predicted molar refractivity (Wildman–Crippen MR) is 94.1 cm³/mol. The number of methoxy groups -OCH3 is 1. The third-order valence-corrected chi connectivity index (χ3v) is 4.57. The van der Waals surface area contributed by atoms with E-state index in [1.54, 1.807) is 0 Å². The van der Waals surface area contributed by atoms with Crippen molar-refractivity contribution in [1.82, 2.24) is 4.98 Å². The van der Waals surface area contributed by atoms with Gasteiger partial charge in [-0.3, -0.25) is 4.79 Å². The molecule has 0 saturated heterocycles. The Balaban J connectivity index is 1.90. The first-order valence-electron chi connectivity index (χ1n) is 8.40. The Morgan fingerprint density at radius 1 is 1.24 bits per heavy atom. The zero-order valence-corrected chi connectivity index (χ0v) is 14.5. The zero-order chi connectivity index (χ0) is 17.8. The van der Waals surface area contributed by atoms with E-state index < -0.39 is 5.97 Å². The highest BCUT2D eigenvalue weighted by atomic mass is 16.5. The summed E-state index contributed by atoms with van der Waals surface area (Å²) in [5.74, 6) is -0.830. The molecule has 5 nitrogen and oxygen atoms in total. The van der Waals surface area contributed by atoms with E-state index in [-0.39, 0.29) is 18.5 Å². The van der Waals surface area contributed by atoms with Gasteiger partial charge < -0.3 is 9.47 Å². The lowest BCUT2D eigenvalue weighted by Crippen LogP contribution is -2.20. The number of esters is 2. The maximum Gasteiger partial charge on any atom is 0.340 e. The van der Waals surface area contributed by atoms with Gasteiger partial charge in [0.05, 0.1) is 29.8 Å². The van der Waals surface area contributed by atoms with Crippen molar-refractivity contribution >= 4 is 22.8 Å². The molecular formula is C20H21NO4. The highest BCUT2D eigenvalue weighted by molar-refractivity contribution is 5.98. The second-order valence-electron chi connectivity index (χ2n) is 6.16. The summed E-state index contributed by atoms with van der Waals surface area (Å²) in [6, 6.07) is 7.57. The summed E-state index contributed by atoms with van der Waals surface area (Å²) in [7, 11) is 1.33. The van der Waals surface area contributed by atoms with Crippen molar-refractivity contribution in [2.24, 2.45) is 5.92 Å². The van der Waals surface area contributed by atoms with Gasteiger partial charge in [0.15, 0.2) is 0 Å². The second-order valence-corrected chi connectivity index (χ2v) is 6.16. The van der Waals surface area contributed by atoms with Gasteiger partial charge >= 0.3 is 11.9 Å². The van der Waals surface area contributed by atoms with Crippen molar-refractivity contribution in [3.8, 4) is 0 Å². The molecule has 5 heteroatoms. The molecule has 0 radical (unpaired) electrons. The fraction of sp³-hybridized carbons (Fsp3) is 0.350. The Morgan fingerprint density at radius 3 is 2.76 bits per heavy atom. The van der Waals surface area contributed by atoms with Crippen LogP contribution < -0.4 is 0 Å². The lowest BCUT2D eigenvalue weighted by molar-refractivity contribution is -0.150. The van der Waals surface area contributed by atoms with Gasteiger partial charge in [-0.2, -0.15) is 0 Å². The molecule has 25 heavy (non-hydrogen) atoms. The third kappa shape index (κ3) is 3.55. The second kappa shape index (κ2) is 7.47. The molecule has 0 spiro atoms. The third-order valence-electron chi connectivity index (χ3n) is 4.57. The van der Waals surface area contributed by atoms with Crippen molar-refractivity contribution in [3.05, 3.63) is 53.2 Å². The monoisotopic (exact) mass is 339 g/mol. The van der Waals surface area contributed by atoms with Crippen LogP contribution >= 0.6 is 0 Å². The Bertz CT molecular complexity index is 841. The molecule has 1 aromatic carbocycles. The van der Waals surface area contributed by atoms with Crippen LogP contribution in [0.2, 0.25) is 0 Å². The number of allylic oxidation sites excluding steroid dienone is 2. The number of aromatic nitrogens is 1. The van der Waals surface area contributed by atoms with E-state index in [9.17, 15) is 9.59 Å². The lowest BCUT2D eigenvalue weighted by atomic mass is 9.95. The van der Waals surface area contributed by atoms with Crippen molar-refractivity contribution in [2.75, 3.05) is 7.11 Å². The summed E-state index contributed by atoms with van der Waals surface area (Å²) >= 11 is 0. The molecule has 0 N–H and O–H groups in total. The van der Waals surface area contributed by atoms with E-state index in [1.165, 1.54) is 7.11 Å². The normalized spacial score (nSPS) is 16.6. The Labute approximate surface area is 146 Å². The smallest absolute Gasteiger partial charge is 0.340 e. The average molecular weight is 339 g/mol. The minimum absolute atomic E-state index is 0.0326. The quantitative estimate of drug-likeness (QED) is 0.627. The standard InChI is InChI=1S/C20H21NO4/c1-13-15-10-6-7-11-16(15)21-17(18(13)20(23)24-2)12-25-19(22)14-8-4-3-5-9-14/h3-4,6-7,10-11,14H,5,8-9,12H2,1-2H3/t14-/m1/s1. The summed E-state index contributed by atoms with van der Waals surface area (Å²) < 4.78 is 10.4. The first-order valence-corrected chi connectivity index (χ1v) is 8.40. The first-order chi connectivity index (χ1) is 12.1. The van der Waals surface area contributed by atoms with Crippen LogP contribution in [0.15, 0.2) is 36.4 Å². The van der Waals surface area contributed by atoms with Gasteiger partial charge in [0, 0.05) is 5.39 Å². The van der Waals surface area contributed by atoms with Crippen LogP contribution in [-0.2, 0) is 20.9 Å². The molecule has 1 aliphatic rings. The largest absolute Gasteiger partial charge is 0.465 e. The summed E-state index contributed by atoms with van der Waals surface area (Å²) in [5, 5.41) is 0.885. The van der Waals surface area contributed by atoms with Gasteiger partial charge in [-0.25, -0.2) is 9.78 Å². The van der Waals surface area contributed by atoms with E-state index in [4.69, 9.17) is 9.47 Å². The molecule has 3 rings (SSSR count). The number of hydrogen-bond acceptors (Lipinski definition) is 5. The van der Waals surface area contributed by atoms with E-state index in [2.05, 4.69) is 11.1 Å². The summed E-state index contributed by atoms with van der Waals surface area (Å²) in [4.78, 5) is 29.0. The SMILES string of the molecule is COC(=O)c1c(COC(=O)[C@@H]2CC=CCC2)nc2ccccc2c1C. The van der Waals surface area contributed by atoms with E-state index >= 15 is 0 Å². The molecule has 0 unspecified atom stereocenters. The van der Waals surface area contributed by atoms with E-state index in [1.807, 2.05) is 37.3 Å². The molecule has 0 saturated carbocycles. The number of ether oxygens (including phenoxy) is 2. The minimum Gasteiger partial charge on any atom is -0.465 e. The summed E-state index contributed by atoms with van der Waals surface area (Å²) in [6.07, 6.45) is 6.47. The number of benzene rings is 1. The Morgan fingerprint density at radius 2 is 2.04 bits per heavy atom. The van der Waals surface area contributed by atoms with Crippen LogP contribution in [0.3, 0.4) is 0 Å². The highest BCUT2D eigenvalue weighted by Gasteiger charge is 2.23. The van der Waals surface area contributed by atoms with Gasteiger partial charge in [0.1, 0.15) is 6.61 Å². The number of nitrogens with zero attached hydrogens (tertiary/aromatic N) is 1. The first kappa shape index (κ1) is 17.1. The van der Waals surface area contributed by atoms with Gasteiger partial charge in [0.2, 0.25) is 0 Å². The highest BCUT2D eigenvalue weighted by Crippen LogP contribution is 2.25. The molecule has 2 aromatic rings. The fourth-order valence-electron chi connectivity index (χ4n) is 3.18. The number of aryl methyl sites for hydroxylation is 1. The molecule has 0 bridgehead atoms. The Kier molecular flexibility index (Phi) is 5.12. The van der Waals surface area contributed by atoms with Gasteiger partial charge in [0.25, 0.3) is 0 Å². The van der Waals surface area contributed by atoms with Crippen molar-refractivity contribution in [2.45, 2.75) is 32.8 Å².